The highest BCUT2D eigenvalue weighted by atomic mass is 32.2. The van der Waals surface area contributed by atoms with Crippen LogP contribution in [0.4, 0.5) is 0 Å². The van der Waals surface area contributed by atoms with Gasteiger partial charge in [-0.3, -0.25) is 0 Å². The molecule has 1 fully saturated rings. The number of rotatable bonds is 9. The summed E-state index contributed by atoms with van der Waals surface area (Å²) >= 11 is 0. The first-order valence-electron chi connectivity index (χ1n) is 11.9. The van der Waals surface area contributed by atoms with Gasteiger partial charge in [-0.05, 0) is 61.9 Å². The molecule has 3 aromatic carbocycles. The van der Waals surface area contributed by atoms with Gasteiger partial charge in [0.15, 0.2) is 0 Å². The molecule has 174 valence electrons. The van der Waals surface area contributed by atoms with Crippen molar-refractivity contribution in [2.24, 2.45) is 5.92 Å². The molecule has 33 heavy (non-hydrogen) atoms. The van der Waals surface area contributed by atoms with Crippen molar-refractivity contribution in [1.29, 1.82) is 0 Å². The summed E-state index contributed by atoms with van der Waals surface area (Å²) in [6.45, 7) is 5.65. The monoisotopic (exact) mass is 462 g/mol. The van der Waals surface area contributed by atoms with Gasteiger partial charge in [0.25, 0.3) is 0 Å². The highest BCUT2D eigenvalue weighted by molar-refractivity contribution is 7.89. The summed E-state index contributed by atoms with van der Waals surface area (Å²) in [6, 6.07) is 28.6. The molecule has 5 heteroatoms. The van der Waals surface area contributed by atoms with Crippen LogP contribution < -0.4 is 0 Å². The lowest BCUT2D eigenvalue weighted by molar-refractivity contribution is 0.177. The standard InChI is InChI=1S/C28H34N2O2S/c1-24-12-14-28(15-13-24)33(31,32)30-20-18-29(19-21-30)17-16-27(22-25-8-4-2-5-9-25)23-26-10-6-3-7-11-26/h2-15,27H,16-23H2,1H3. The Bertz CT molecular complexity index is 1050. The predicted molar refractivity (Wildman–Crippen MR) is 135 cm³/mol. The third kappa shape index (κ3) is 6.53. The number of benzene rings is 3. The summed E-state index contributed by atoms with van der Waals surface area (Å²) < 4.78 is 27.6. The summed E-state index contributed by atoms with van der Waals surface area (Å²) in [5.41, 5.74) is 3.83. The lowest BCUT2D eigenvalue weighted by atomic mass is 9.89. The largest absolute Gasteiger partial charge is 0.301 e. The Morgan fingerprint density at radius 3 is 1.76 bits per heavy atom. The van der Waals surface area contributed by atoms with Gasteiger partial charge in [0.1, 0.15) is 0 Å². The minimum atomic E-state index is -3.41. The van der Waals surface area contributed by atoms with E-state index in [2.05, 4.69) is 65.6 Å². The Kier molecular flexibility index (Phi) is 7.97. The lowest BCUT2D eigenvalue weighted by Crippen LogP contribution is -2.48. The molecule has 0 aromatic heterocycles. The van der Waals surface area contributed by atoms with E-state index in [0.29, 0.717) is 23.9 Å². The molecule has 0 unspecified atom stereocenters. The van der Waals surface area contributed by atoms with Crippen molar-refractivity contribution < 1.29 is 8.42 Å². The fourth-order valence-electron chi connectivity index (χ4n) is 4.59. The summed E-state index contributed by atoms with van der Waals surface area (Å²) in [5.74, 6) is 0.559. The van der Waals surface area contributed by atoms with Gasteiger partial charge in [0.2, 0.25) is 10.0 Å². The second-order valence-corrected chi connectivity index (χ2v) is 11.0. The molecule has 1 aliphatic heterocycles. The number of nitrogens with zero attached hydrogens (tertiary/aromatic N) is 2. The molecule has 1 aliphatic rings. The smallest absolute Gasteiger partial charge is 0.243 e. The molecular formula is C28H34N2O2S. The molecule has 0 aliphatic carbocycles. The average molecular weight is 463 g/mol. The van der Waals surface area contributed by atoms with Crippen molar-refractivity contribution in [3.63, 3.8) is 0 Å². The molecule has 0 spiro atoms. The quantitative estimate of drug-likeness (QED) is 0.459. The van der Waals surface area contributed by atoms with E-state index in [9.17, 15) is 8.42 Å². The van der Waals surface area contributed by atoms with E-state index >= 15 is 0 Å². The molecule has 3 aromatic rings. The van der Waals surface area contributed by atoms with Gasteiger partial charge in [-0.1, -0.05) is 78.4 Å². The minimum Gasteiger partial charge on any atom is -0.301 e. The fraction of sp³-hybridized carbons (Fsp3) is 0.357. The molecule has 1 heterocycles. The zero-order chi connectivity index (χ0) is 23.1. The average Bonchev–Trinajstić information content (AvgIpc) is 2.84. The number of aryl methyl sites for hydroxylation is 1. The SMILES string of the molecule is Cc1ccc(S(=O)(=O)N2CCN(CCC(Cc3ccccc3)Cc3ccccc3)CC2)cc1. The van der Waals surface area contributed by atoms with E-state index in [-0.39, 0.29) is 0 Å². The maximum absolute atomic E-state index is 13.0. The van der Waals surface area contributed by atoms with Crippen LogP contribution in [0.25, 0.3) is 0 Å². The van der Waals surface area contributed by atoms with Crippen LogP contribution in [0.2, 0.25) is 0 Å². The predicted octanol–water partition coefficient (Wildman–Crippen LogP) is 4.79. The van der Waals surface area contributed by atoms with Crippen LogP contribution in [-0.4, -0.2) is 50.3 Å². The van der Waals surface area contributed by atoms with Crippen LogP contribution >= 0.6 is 0 Å². The van der Waals surface area contributed by atoms with Crippen molar-refractivity contribution in [2.45, 2.75) is 31.1 Å². The van der Waals surface area contributed by atoms with E-state index in [0.717, 1.165) is 44.5 Å². The molecule has 0 radical (unpaired) electrons. The first-order valence-corrected chi connectivity index (χ1v) is 13.3. The summed E-state index contributed by atoms with van der Waals surface area (Å²) in [6.07, 6.45) is 3.24. The normalized spacial score (nSPS) is 15.7. The van der Waals surface area contributed by atoms with Gasteiger partial charge in [-0.25, -0.2) is 8.42 Å². The van der Waals surface area contributed by atoms with Gasteiger partial charge < -0.3 is 4.90 Å². The van der Waals surface area contributed by atoms with Crippen LogP contribution in [0.1, 0.15) is 23.1 Å². The zero-order valence-electron chi connectivity index (χ0n) is 19.4. The van der Waals surface area contributed by atoms with Crippen LogP contribution in [0.15, 0.2) is 89.8 Å². The van der Waals surface area contributed by atoms with Crippen molar-refractivity contribution in [2.75, 3.05) is 32.7 Å². The molecule has 0 bridgehead atoms. The molecule has 1 saturated heterocycles. The molecule has 0 amide bonds. The first-order chi connectivity index (χ1) is 16.0. The van der Waals surface area contributed by atoms with Crippen LogP contribution in [0.3, 0.4) is 0 Å². The number of sulfonamides is 1. The maximum Gasteiger partial charge on any atom is 0.243 e. The Balaban J connectivity index is 1.33. The topological polar surface area (TPSA) is 40.6 Å². The van der Waals surface area contributed by atoms with Crippen LogP contribution in [0.5, 0.6) is 0 Å². The van der Waals surface area contributed by atoms with E-state index < -0.39 is 10.0 Å². The van der Waals surface area contributed by atoms with Crippen LogP contribution in [0, 0.1) is 12.8 Å². The molecule has 0 N–H and O–H groups in total. The first kappa shape index (κ1) is 23.7. The zero-order valence-corrected chi connectivity index (χ0v) is 20.3. The van der Waals surface area contributed by atoms with Gasteiger partial charge in [0, 0.05) is 26.2 Å². The second kappa shape index (κ2) is 11.1. The Morgan fingerprint density at radius 2 is 1.24 bits per heavy atom. The van der Waals surface area contributed by atoms with Gasteiger partial charge in [-0.2, -0.15) is 4.31 Å². The van der Waals surface area contributed by atoms with E-state index in [1.165, 1.54) is 11.1 Å². The van der Waals surface area contributed by atoms with E-state index in [1.807, 2.05) is 19.1 Å². The summed E-state index contributed by atoms with van der Waals surface area (Å²) in [4.78, 5) is 2.82. The summed E-state index contributed by atoms with van der Waals surface area (Å²) in [7, 11) is -3.41. The molecule has 0 atom stereocenters. The van der Waals surface area contributed by atoms with Gasteiger partial charge >= 0.3 is 0 Å². The van der Waals surface area contributed by atoms with E-state index in [1.54, 1.807) is 16.4 Å². The highest BCUT2D eigenvalue weighted by Gasteiger charge is 2.28. The molecule has 4 rings (SSSR count). The molecule has 4 nitrogen and oxygen atoms in total. The maximum atomic E-state index is 13.0. The van der Waals surface area contributed by atoms with E-state index in [4.69, 9.17) is 0 Å². The minimum absolute atomic E-state index is 0.396. The van der Waals surface area contributed by atoms with Crippen molar-refractivity contribution >= 4 is 10.0 Å². The fourth-order valence-corrected chi connectivity index (χ4v) is 6.01. The van der Waals surface area contributed by atoms with Crippen LogP contribution in [-0.2, 0) is 22.9 Å². The molecule has 0 saturated carbocycles. The Morgan fingerprint density at radius 1 is 0.727 bits per heavy atom. The Labute approximate surface area is 198 Å². The van der Waals surface area contributed by atoms with Gasteiger partial charge in [0.05, 0.1) is 4.90 Å². The van der Waals surface area contributed by atoms with Gasteiger partial charge in [-0.15, -0.1) is 0 Å². The van der Waals surface area contributed by atoms with Crippen molar-refractivity contribution in [3.8, 4) is 0 Å². The second-order valence-electron chi connectivity index (χ2n) is 9.09. The lowest BCUT2D eigenvalue weighted by Gasteiger charge is -2.34. The third-order valence-corrected chi connectivity index (χ3v) is 8.49. The number of hydrogen-bond donors (Lipinski definition) is 0. The number of piperazine rings is 1. The highest BCUT2D eigenvalue weighted by Crippen LogP contribution is 2.21. The van der Waals surface area contributed by atoms with Crippen molar-refractivity contribution in [1.82, 2.24) is 9.21 Å². The van der Waals surface area contributed by atoms with Crippen molar-refractivity contribution in [3.05, 3.63) is 102 Å². The Hall–Kier alpha value is -2.47. The molecular weight excluding hydrogens is 428 g/mol. The number of hydrogen-bond acceptors (Lipinski definition) is 3. The third-order valence-electron chi connectivity index (χ3n) is 6.58. The summed E-state index contributed by atoms with van der Waals surface area (Å²) in [5, 5.41) is 0.